The van der Waals surface area contributed by atoms with Crippen LogP contribution in [0.5, 0.6) is 0 Å². The molecular weight excluding hydrogens is 374 g/mol. The summed E-state index contributed by atoms with van der Waals surface area (Å²) in [6.07, 6.45) is 5.32. The van der Waals surface area contributed by atoms with Gasteiger partial charge in [-0.1, -0.05) is 60.7 Å². The number of benzene rings is 2. The molecule has 0 saturated carbocycles. The summed E-state index contributed by atoms with van der Waals surface area (Å²) < 4.78 is 1.90. The van der Waals surface area contributed by atoms with Gasteiger partial charge in [-0.25, -0.2) is 4.98 Å². The van der Waals surface area contributed by atoms with Gasteiger partial charge >= 0.3 is 0 Å². The first-order valence-electron chi connectivity index (χ1n) is 10.7. The highest BCUT2D eigenvalue weighted by Crippen LogP contribution is 2.51. The van der Waals surface area contributed by atoms with E-state index in [2.05, 4.69) is 17.1 Å². The Bertz CT molecular complexity index is 1050. The van der Waals surface area contributed by atoms with Gasteiger partial charge in [0.15, 0.2) is 0 Å². The molecule has 2 aliphatic heterocycles. The van der Waals surface area contributed by atoms with Crippen molar-refractivity contribution in [2.75, 3.05) is 6.61 Å². The van der Waals surface area contributed by atoms with Crippen molar-refractivity contribution in [2.45, 2.75) is 37.8 Å². The molecule has 2 aromatic carbocycles. The summed E-state index contributed by atoms with van der Waals surface area (Å²) in [5.74, 6) is 0.825. The predicted molar refractivity (Wildman–Crippen MR) is 116 cm³/mol. The molecule has 3 aromatic rings. The third-order valence-electron chi connectivity index (χ3n) is 7.04. The summed E-state index contributed by atoms with van der Waals surface area (Å²) in [7, 11) is 1.91. The number of carbonyl (C=O) groups is 1. The van der Waals surface area contributed by atoms with Crippen LogP contribution in [0.1, 0.15) is 35.3 Å². The molecule has 30 heavy (non-hydrogen) atoms. The summed E-state index contributed by atoms with van der Waals surface area (Å²) in [5, 5.41) is 10.4. The maximum atomic E-state index is 13.6. The number of carbonyl (C=O) groups excluding carboxylic acids is 1. The highest BCUT2D eigenvalue weighted by molar-refractivity contribution is 5.94. The minimum atomic E-state index is -0.263. The average molecular weight is 402 g/mol. The minimum Gasteiger partial charge on any atom is -0.396 e. The number of aromatic nitrogens is 2. The van der Waals surface area contributed by atoms with Crippen LogP contribution in [0.15, 0.2) is 66.9 Å². The monoisotopic (exact) mass is 401 g/mol. The number of aliphatic hydroxyl groups is 1. The fourth-order valence-corrected chi connectivity index (χ4v) is 5.61. The summed E-state index contributed by atoms with van der Waals surface area (Å²) in [6.45, 7) is 0.105. The van der Waals surface area contributed by atoms with Gasteiger partial charge in [0.1, 0.15) is 11.5 Å². The summed E-state index contributed by atoms with van der Waals surface area (Å²) in [4.78, 5) is 20.2. The van der Waals surface area contributed by atoms with Crippen LogP contribution in [0.4, 0.5) is 0 Å². The Labute approximate surface area is 177 Å². The second-order valence-corrected chi connectivity index (χ2v) is 8.74. The van der Waals surface area contributed by atoms with E-state index in [4.69, 9.17) is 0 Å². The second kappa shape index (κ2) is 7.40. The molecule has 5 heteroatoms. The molecule has 2 aliphatic rings. The van der Waals surface area contributed by atoms with Crippen molar-refractivity contribution in [1.82, 2.24) is 14.5 Å². The number of rotatable bonds is 5. The molecule has 3 atom stereocenters. The molecule has 1 amide bonds. The first kappa shape index (κ1) is 19.1. The largest absolute Gasteiger partial charge is 0.396 e. The Kier molecular flexibility index (Phi) is 4.70. The van der Waals surface area contributed by atoms with Gasteiger partial charge in [-0.15, -0.1) is 0 Å². The first-order chi connectivity index (χ1) is 14.6. The number of amides is 1. The standard InChI is InChI=1S/C25H27N3O2/c1-27-21(16-26-23(27)19-10-6-3-7-11-19)24(30)28-20-12-13-22(28)25(15-20,17-29)14-18-8-4-2-5-9-18/h2-11,16,20,22,29H,12-15,17H2,1H3/t20-,22+,25-/m1/s1. The van der Waals surface area contributed by atoms with Crippen LogP contribution in [0.3, 0.4) is 0 Å². The fourth-order valence-electron chi connectivity index (χ4n) is 5.61. The molecule has 1 aromatic heterocycles. The number of fused-ring (bicyclic) bond motifs is 2. The maximum Gasteiger partial charge on any atom is 0.272 e. The van der Waals surface area contributed by atoms with E-state index in [-0.39, 0.29) is 30.0 Å². The van der Waals surface area contributed by atoms with Gasteiger partial charge in [-0.3, -0.25) is 4.79 Å². The molecule has 2 bridgehead atoms. The van der Waals surface area contributed by atoms with Crippen molar-refractivity contribution in [1.29, 1.82) is 0 Å². The Morgan fingerprint density at radius 2 is 1.80 bits per heavy atom. The van der Waals surface area contributed by atoms with Crippen molar-refractivity contribution in [3.8, 4) is 11.4 Å². The molecule has 5 rings (SSSR count). The Hall–Kier alpha value is -2.92. The average Bonchev–Trinajstić information content (AvgIpc) is 3.46. The van der Waals surface area contributed by atoms with E-state index in [0.717, 1.165) is 37.1 Å². The fraction of sp³-hybridized carbons (Fsp3) is 0.360. The first-order valence-corrected chi connectivity index (χ1v) is 10.7. The van der Waals surface area contributed by atoms with E-state index in [1.54, 1.807) is 6.20 Å². The molecule has 2 saturated heterocycles. The molecule has 0 radical (unpaired) electrons. The lowest BCUT2D eigenvalue weighted by atomic mass is 9.70. The van der Waals surface area contributed by atoms with E-state index < -0.39 is 0 Å². The highest BCUT2D eigenvalue weighted by Gasteiger charge is 2.57. The molecule has 0 spiro atoms. The SMILES string of the molecule is Cn1c(C(=O)N2[C@@H]3CC[C@H]2[C@](CO)(Cc2ccccc2)C3)cnc1-c1ccccc1. The van der Waals surface area contributed by atoms with Crippen LogP contribution in [0, 0.1) is 5.41 Å². The van der Waals surface area contributed by atoms with E-state index >= 15 is 0 Å². The smallest absolute Gasteiger partial charge is 0.272 e. The van der Waals surface area contributed by atoms with Gasteiger partial charge in [0.05, 0.1) is 12.8 Å². The molecule has 0 aliphatic carbocycles. The van der Waals surface area contributed by atoms with Crippen molar-refractivity contribution in [3.63, 3.8) is 0 Å². The zero-order valence-electron chi connectivity index (χ0n) is 17.2. The van der Waals surface area contributed by atoms with Gasteiger partial charge < -0.3 is 14.6 Å². The van der Waals surface area contributed by atoms with Crippen LogP contribution >= 0.6 is 0 Å². The third-order valence-corrected chi connectivity index (χ3v) is 7.04. The minimum absolute atomic E-state index is 0.0306. The normalized spacial score (nSPS) is 25.1. The Morgan fingerprint density at radius 3 is 2.50 bits per heavy atom. The number of imidazole rings is 1. The van der Waals surface area contributed by atoms with Crippen molar-refractivity contribution in [2.24, 2.45) is 12.5 Å². The van der Waals surface area contributed by atoms with Gasteiger partial charge in [0.25, 0.3) is 5.91 Å². The lowest BCUT2D eigenvalue weighted by Crippen LogP contribution is -2.44. The van der Waals surface area contributed by atoms with Gasteiger partial charge in [0.2, 0.25) is 0 Å². The number of nitrogens with zero attached hydrogens (tertiary/aromatic N) is 3. The molecular formula is C25H27N3O2. The van der Waals surface area contributed by atoms with E-state index in [1.807, 2.05) is 65.0 Å². The van der Waals surface area contributed by atoms with Crippen LogP contribution in [-0.4, -0.2) is 44.2 Å². The Morgan fingerprint density at radius 1 is 1.10 bits per heavy atom. The van der Waals surface area contributed by atoms with E-state index in [9.17, 15) is 9.90 Å². The molecule has 2 fully saturated rings. The summed E-state index contributed by atoms with van der Waals surface area (Å²) in [6, 6.07) is 20.5. The van der Waals surface area contributed by atoms with Crippen LogP contribution in [-0.2, 0) is 13.5 Å². The maximum absolute atomic E-state index is 13.6. The zero-order valence-corrected chi connectivity index (χ0v) is 17.2. The topological polar surface area (TPSA) is 58.4 Å². The second-order valence-electron chi connectivity index (χ2n) is 8.74. The lowest BCUT2D eigenvalue weighted by molar-refractivity contribution is 0.0564. The molecule has 5 nitrogen and oxygen atoms in total. The van der Waals surface area contributed by atoms with Crippen LogP contribution in [0.25, 0.3) is 11.4 Å². The number of aliphatic hydroxyl groups excluding tert-OH is 1. The van der Waals surface area contributed by atoms with E-state index in [0.29, 0.717) is 5.69 Å². The molecule has 154 valence electrons. The van der Waals surface area contributed by atoms with Crippen LogP contribution in [0.2, 0.25) is 0 Å². The lowest BCUT2D eigenvalue weighted by Gasteiger charge is -2.36. The predicted octanol–water partition coefficient (Wildman–Crippen LogP) is 3.69. The zero-order chi connectivity index (χ0) is 20.7. The molecule has 0 unspecified atom stereocenters. The Balaban J connectivity index is 1.44. The quantitative estimate of drug-likeness (QED) is 0.709. The van der Waals surface area contributed by atoms with Crippen molar-refractivity contribution < 1.29 is 9.90 Å². The van der Waals surface area contributed by atoms with E-state index in [1.165, 1.54) is 5.56 Å². The molecule has 3 heterocycles. The number of hydrogen-bond donors (Lipinski definition) is 1. The summed E-state index contributed by atoms with van der Waals surface area (Å²) in [5.41, 5.74) is 2.57. The van der Waals surface area contributed by atoms with Crippen molar-refractivity contribution >= 4 is 5.91 Å². The third kappa shape index (κ3) is 2.96. The highest BCUT2D eigenvalue weighted by atomic mass is 16.3. The van der Waals surface area contributed by atoms with Crippen LogP contribution < -0.4 is 0 Å². The van der Waals surface area contributed by atoms with Gasteiger partial charge in [0, 0.05) is 30.1 Å². The van der Waals surface area contributed by atoms with Gasteiger partial charge in [-0.2, -0.15) is 0 Å². The summed E-state index contributed by atoms with van der Waals surface area (Å²) >= 11 is 0. The molecule has 1 N–H and O–H groups in total. The van der Waals surface area contributed by atoms with Crippen molar-refractivity contribution in [3.05, 3.63) is 78.1 Å². The van der Waals surface area contributed by atoms with Gasteiger partial charge in [-0.05, 0) is 31.2 Å². The number of hydrogen-bond acceptors (Lipinski definition) is 3.